The molecule has 6 heteroatoms. The number of methoxy groups -OCH3 is 1. The van der Waals surface area contributed by atoms with Gasteiger partial charge in [0.2, 0.25) is 0 Å². The van der Waals surface area contributed by atoms with Crippen LogP contribution in [0.3, 0.4) is 0 Å². The molecular weight excluding hydrogens is 263 g/mol. The summed E-state index contributed by atoms with van der Waals surface area (Å²) >= 11 is 5.60. The van der Waals surface area contributed by atoms with Crippen molar-refractivity contribution in [2.24, 2.45) is 5.41 Å². The summed E-state index contributed by atoms with van der Waals surface area (Å²) in [5, 5.41) is 8.99. The summed E-state index contributed by atoms with van der Waals surface area (Å²) in [5.74, 6) is -2.78. The third kappa shape index (κ3) is 2.79. The van der Waals surface area contributed by atoms with Crippen LogP contribution in [0.2, 0.25) is 5.02 Å². The molecule has 1 aromatic carbocycles. The Balaban J connectivity index is 3.08. The number of carbonyl (C=O) groups excluding carboxylic acids is 1. The van der Waals surface area contributed by atoms with Gasteiger partial charge >= 0.3 is 11.9 Å². The van der Waals surface area contributed by atoms with Crippen LogP contribution in [0, 0.1) is 11.2 Å². The second kappa shape index (κ2) is 5.35. The molecule has 4 nitrogen and oxygen atoms in total. The number of benzene rings is 1. The van der Waals surface area contributed by atoms with Crippen LogP contribution >= 0.6 is 11.6 Å². The predicted octanol–water partition coefficient (Wildman–Crippen LogP) is 2.29. The fraction of sp³-hybridized carbons (Fsp3) is 0.333. The van der Waals surface area contributed by atoms with Gasteiger partial charge in [0.05, 0.1) is 12.1 Å². The molecule has 0 aromatic heterocycles. The number of rotatable bonds is 4. The van der Waals surface area contributed by atoms with Crippen molar-refractivity contribution < 1.29 is 23.8 Å². The molecular formula is C12H12ClFO4. The first-order valence-corrected chi connectivity index (χ1v) is 5.45. The van der Waals surface area contributed by atoms with Crippen LogP contribution < -0.4 is 0 Å². The van der Waals surface area contributed by atoms with Gasteiger partial charge in [0, 0.05) is 0 Å². The van der Waals surface area contributed by atoms with Crippen molar-refractivity contribution in [2.75, 3.05) is 7.11 Å². The summed E-state index contributed by atoms with van der Waals surface area (Å²) in [7, 11) is 1.11. The van der Waals surface area contributed by atoms with E-state index < -0.39 is 23.2 Å². The first kappa shape index (κ1) is 14.4. The lowest BCUT2D eigenvalue weighted by Gasteiger charge is -2.21. The molecule has 1 atom stereocenters. The largest absolute Gasteiger partial charge is 0.480 e. The molecule has 0 saturated carbocycles. The predicted molar refractivity (Wildman–Crippen MR) is 62.9 cm³/mol. The molecule has 1 N–H and O–H groups in total. The van der Waals surface area contributed by atoms with Crippen LogP contribution in [-0.2, 0) is 20.7 Å². The number of hydrogen-bond acceptors (Lipinski definition) is 3. The Morgan fingerprint density at radius 3 is 2.56 bits per heavy atom. The molecule has 0 aliphatic carbocycles. The second-order valence-corrected chi connectivity index (χ2v) is 4.46. The maximum absolute atomic E-state index is 13.0. The first-order valence-electron chi connectivity index (χ1n) is 5.07. The van der Waals surface area contributed by atoms with Crippen LogP contribution in [0.4, 0.5) is 4.39 Å². The van der Waals surface area contributed by atoms with Gasteiger partial charge in [-0.3, -0.25) is 9.59 Å². The van der Waals surface area contributed by atoms with Crippen molar-refractivity contribution in [2.45, 2.75) is 13.3 Å². The number of carbonyl (C=O) groups is 2. The Morgan fingerprint density at radius 2 is 2.11 bits per heavy atom. The van der Waals surface area contributed by atoms with Gasteiger partial charge < -0.3 is 9.84 Å². The van der Waals surface area contributed by atoms with E-state index in [-0.39, 0.29) is 11.4 Å². The minimum atomic E-state index is -1.73. The Hall–Kier alpha value is -1.62. The van der Waals surface area contributed by atoms with Crippen molar-refractivity contribution in [3.8, 4) is 0 Å². The topological polar surface area (TPSA) is 63.6 Å². The highest BCUT2D eigenvalue weighted by atomic mass is 35.5. The van der Waals surface area contributed by atoms with E-state index in [1.807, 2.05) is 0 Å². The van der Waals surface area contributed by atoms with E-state index in [2.05, 4.69) is 4.74 Å². The third-order valence-electron chi connectivity index (χ3n) is 2.65. The highest BCUT2D eigenvalue weighted by molar-refractivity contribution is 6.30. The molecule has 0 spiro atoms. The Morgan fingerprint density at radius 1 is 1.50 bits per heavy atom. The Kier molecular flexibility index (Phi) is 4.29. The molecule has 0 amide bonds. The third-order valence-corrected chi connectivity index (χ3v) is 2.94. The van der Waals surface area contributed by atoms with E-state index in [1.165, 1.54) is 19.1 Å². The quantitative estimate of drug-likeness (QED) is 0.676. The van der Waals surface area contributed by atoms with Gasteiger partial charge in [0.15, 0.2) is 5.41 Å². The molecule has 18 heavy (non-hydrogen) atoms. The van der Waals surface area contributed by atoms with Crippen molar-refractivity contribution in [3.63, 3.8) is 0 Å². The number of hydrogen-bond donors (Lipinski definition) is 1. The second-order valence-electron chi connectivity index (χ2n) is 4.05. The molecule has 0 aliphatic rings. The maximum Gasteiger partial charge on any atom is 0.323 e. The van der Waals surface area contributed by atoms with Crippen LogP contribution in [0.5, 0.6) is 0 Å². The summed E-state index contributed by atoms with van der Waals surface area (Å²) < 4.78 is 17.5. The summed E-state index contributed by atoms with van der Waals surface area (Å²) in [6.07, 6.45) is -0.130. The summed E-state index contributed by atoms with van der Waals surface area (Å²) in [6, 6.07) is 3.80. The van der Waals surface area contributed by atoms with Crippen LogP contribution in [-0.4, -0.2) is 24.2 Å². The van der Waals surface area contributed by atoms with E-state index in [0.29, 0.717) is 5.56 Å². The van der Waals surface area contributed by atoms with Gasteiger partial charge in [0.25, 0.3) is 0 Å². The molecule has 98 valence electrons. The molecule has 1 rings (SSSR count). The lowest BCUT2D eigenvalue weighted by atomic mass is 9.83. The minimum Gasteiger partial charge on any atom is -0.480 e. The van der Waals surface area contributed by atoms with Crippen molar-refractivity contribution in [3.05, 3.63) is 34.6 Å². The fourth-order valence-corrected chi connectivity index (χ4v) is 1.72. The zero-order valence-electron chi connectivity index (χ0n) is 9.87. The number of carboxylic acids is 1. The van der Waals surface area contributed by atoms with E-state index in [4.69, 9.17) is 16.7 Å². The van der Waals surface area contributed by atoms with Gasteiger partial charge in [-0.15, -0.1) is 0 Å². The van der Waals surface area contributed by atoms with Crippen molar-refractivity contribution in [1.82, 2.24) is 0 Å². The lowest BCUT2D eigenvalue weighted by molar-refractivity contribution is -0.165. The number of esters is 1. The van der Waals surface area contributed by atoms with Crippen molar-refractivity contribution in [1.29, 1.82) is 0 Å². The summed E-state index contributed by atoms with van der Waals surface area (Å²) in [4.78, 5) is 22.7. The van der Waals surface area contributed by atoms with Crippen LogP contribution in [0.1, 0.15) is 12.5 Å². The average Bonchev–Trinajstić information content (AvgIpc) is 2.32. The normalized spacial score (nSPS) is 13.8. The molecule has 0 radical (unpaired) electrons. The lowest BCUT2D eigenvalue weighted by Crippen LogP contribution is -2.39. The monoisotopic (exact) mass is 274 g/mol. The molecule has 1 unspecified atom stereocenters. The van der Waals surface area contributed by atoms with E-state index in [1.54, 1.807) is 0 Å². The SMILES string of the molecule is COC(=O)C(C)(Cc1ccc(F)c(Cl)c1)C(=O)O. The zero-order valence-corrected chi connectivity index (χ0v) is 10.6. The van der Waals surface area contributed by atoms with Gasteiger partial charge in [-0.25, -0.2) is 4.39 Å². The smallest absolute Gasteiger partial charge is 0.323 e. The number of ether oxygens (including phenoxy) is 1. The van der Waals surface area contributed by atoms with Crippen LogP contribution in [0.15, 0.2) is 18.2 Å². The van der Waals surface area contributed by atoms with Crippen molar-refractivity contribution >= 4 is 23.5 Å². The summed E-state index contributed by atoms with van der Waals surface area (Å²) in [5.41, 5.74) is -1.28. The van der Waals surface area contributed by atoms with Gasteiger partial charge in [0.1, 0.15) is 5.82 Å². The first-order chi connectivity index (χ1) is 8.31. The molecule has 0 heterocycles. The highest BCUT2D eigenvalue weighted by Gasteiger charge is 2.42. The van der Waals surface area contributed by atoms with E-state index in [9.17, 15) is 14.0 Å². The minimum absolute atomic E-state index is 0.120. The Bertz CT molecular complexity index is 489. The molecule has 0 aliphatic heterocycles. The standard InChI is InChI=1S/C12H12ClFO4/c1-12(10(15)16,11(17)18-2)6-7-3-4-9(14)8(13)5-7/h3-5H,6H2,1-2H3,(H,15,16). The van der Waals surface area contributed by atoms with Gasteiger partial charge in [-0.1, -0.05) is 17.7 Å². The summed E-state index contributed by atoms with van der Waals surface area (Å²) in [6.45, 7) is 1.25. The molecule has 0 fully saturated rings. The Labute approximate surface area is 108 Å². The number of aliphatic carboxylic acids is 1. The van der Waals surface area contributed by atoms with Gasteiger partial charge in [-0.2, -0.15) is 0 Å². The van der Waals surface area contributed by atoms with Crippen LogP contribution in [0.25, 0.3) is 0 Å². The van der Waals surface area contributed by atoms with E-state index >= 15 is 0 Å². The van der Waals surface area contributed by atoms with E-state index in [0.717, 1.165) is 13.2 Å². The average molecular weight is 275 g/mol. The number of carboxylic acid groups (broad SMARTS) is 1. The fourth-order valence-electron chi connectivity index (χ4n) is 1.52. The highest BCUT2D eigenvalue weighted by Crippen LogP contribution is 2.27. The molecule has 0 bridgehead atoms. The molecule has 0 saturated heterocycles. The zero-order chi connectivity index (χ0) is 13.9. The molecule has 1 aromatic rings. The number of halogens is 2. The van der Waals surface area contributed by atoms with Gasteiger partial charge in [-0.05, 0) is 31.0 Å². The maximum atomic E-state index is 13.0.